The van der Waals surface area contributed by atoms with Gasteiger partial charge in [0.2, 0.25) is 0 Å². The molecule has 10 nitrogen and oxygen atoms in total. The highest BCUT2D eigenvalue weighted by Crippen LogP contribution is 2.39. The molecule has 3 heterocycles. The smallest absolute Gasteiger partial charge is 0.387 e. The summed E-state index contributed by atoms with van der Waals surface area (Å²) in [6.07, 6.45) is 0.614. The van der Waals surface area contributed by atoms with Gasteiger partial charge in [-0.3, -0.25) is 14.5 Å². The maximum Gasteiger partial charge on any atom is 0.387 e. The van der Waals surface area contributed by atoms with Crippen LogP contribution >= 0.6 is 11.6 Å². The van der Waals surface area contributed by atoms with Crippen molar-refractivity contribution in [3.05, 3.63) is 135 Å². The van der Waals surface area contributed by atoms with Gasteiger partial charge in [-0.15, -0.1) is 0 Å². The zero-order valence-corrected chi connectivity index (χ0v) is 33.6. The zero-order valence-electron chi connectivity index (χ0n) is 32.8. The molecule has 0 aliphatic carbocycles. The van der Waals surface area contributed by atoms with E-state index in [2.05, 4.69) is 17.0 Å². The van der Waals surface area contributed by atoms with Gasteiger partial charge in [-0.2, -0.15) is 14.0 Å². The minimum Gasteiger partial charge on any atom is -0.496 e. The minimum atomic E-state index is -3.18. The van der Waals surface area contributed by atoms with Crippen molar-refractivity contribution >= 4 is 29.1 Å². The highest BCUT2D eigenvalue weighted by atomic mass is 35.5. The van der Waals surface area contributed by atoms with Gasteiger partial charge < -0.3 is 28.6 Å². The van der Waals surface area contributed by atoms with Gasteiger partial charge >= 0.3 is 6.61 Å². The lowest BCUT2D eigenvalue weighted by atomic mass is 9.92. The standard InChI is InChI=1S/C45H44ClF2N5O5/c1-28-32(10-7-11-41(28)56-4)25-52(34-14-12-30(24-49)13-15-34)43(54)36-22-40(50(3)29(36)2)37-21-39(46)42(58-45(47)48)23-38(37)44(55)53-26-33-9-6-5-8-31(33)20-35(53)27-51-16-18-57-19-17-51/h5-15,21-23,35,45H,16-20,25-27H2,1-4H3/t35-/m0/s1. The van der Waals surface area contributed by atoms with E-state index in [1.165, 1.54) is 12.1 Å². The van der Waals surface area contributed by atoms with Crippen molar-refractivity contribution in [2.45, 2.75) is 46.0 Å². The average molecular weight is 808 g/mol. The van der Waals surface area contributed by atoms with Crippen molar-refractivity contribution in [2.24, 2.45) is 7.05 Å². The summed E-state index contributed by atoms with van der Waals surface area (Å²) in [5, 5.41) is 9.37. The van der Waals surface area contributed by atoms with Gasteiger partial charge in [-0.25, -0.2) is 0 Å². The molecule has 0 spiro atoms. The van der Waals surface area contributed by atoms with Gasteiger partial charge in [0.25, 0.3) is 11.8 Å². The maximum atomic E-state index is 15.1. The van der Waals surface area contributed by atoms with Crippen LogP contribution in [-0.4, -0.2) is 78.8 Å². The molecule has 0 N–H and O–H groups in total. The first-order valence-corrected chi connectivity index (χ1v) is 19.4. The van der Waals surface area contributed by atoms with E-state index in [0.29, 0.717) is 72.2 Å². The number of hydrogen-bond acceptors (Lipinski definition) is 7. The van der Waals surface area contributed by atoms with Crippen LogP contribution in [0.2, 0.25) is 5.02 Å². The van der Waals surface area contributed by atoms with E-state index in [9.17, 15) is 18.8 Å². The van der Waals surface area contributed by atoms with Gasteiger partial charge in [0, 0.05) is 61.9 Å². The van der Waals surface area contributed by atoms with Gasteiger partial charge in [0.1, 0.15) is 11.5 Å². The van der Waals surface area contributed by atoms with Crippen LogP contribution in [0.3, 0.4) is 0 Å². The van der Waals surface area contributed by atoms with E-state index < -0.39 is 6.61 Å². The van der Waals surface area contributed by atoms with E-state index in [-0.39, 0.29) is 40.7 Å². The molecular weight excluding hydrogens is 764 g/mol. The lowest BCUT2D eigenvalue weighted by molar-refractivity contribution is -0.0498. The van der Waals surface area contributed by atoms with E-state index in [0.717, 1.165) is 35.3 Å². The van der Waals surface area contributed by atoms with Crippen LogP contribution in [0.15, 0.2) is 84.9 Å². The van der Waals surface area contributed by atoms with Crippen LogP contribution in [0.1, 0.15) is 54.2 Å². The normalized spacial score (nSPS) is 15.5. The Morgan fingerprint density at radius 1 is 0.966 bits per heavy atom. The number of morpholine rings is 1. The number of benzene rings is 4. The Morgan fingerprint density at radius 2 is 1.69 bits per heavy atom. The quantitative estimate of drug-likeness (QED) is 0.133. The minimum absolute atomic E-state index is 0.111. The monoisotopic (exact) mass is 807 g/mol. The molecular formula is C45H44ClF2N5O5. The molecule has 13 heteroatoms. The Bertz CT molecular complexity index is 2370. The van der Waals surface area contributed by atoms with Crippen LogP contribution < -0.4 is 14.4 Å². The third-order valence-electron chi connectivity index (χ3n) is 11.2. The molecule has 0 unspecified atom stereocenters. The van der Waals surface area contributed by atoms with Crippen molar-refractivity contribution in [3.8, 4) is 28.8 Å². The summed E-state index contributed by atoms with van der Waals surface area (Å²) in [6, 6.07) is 26.8. The first-order valence-electron chi connectivity index (χ1n) is 19.0. The molecule has 0 saturated carbocycles. The highest BCUT2D eigenvalue weighted by molar-refractivity contribution is 6.32. The van der Waals surface area contributed by atoms with Crippen LogP contribution in [0.25, 0.3) is 11.3 Å². The Kier molecular flexibility index (Phi) is 12.1. The third-order valence-corrected chi connectivity index (χ3v) is 11.5. The van der Waals surface area contributed by atoms with Gasteiger partial charge in [0.05, 0.1) is 54.7 Å². The Morgan fingerprint density at radius 3 is 2.38 bits per heavy atom. The molecule has 7 rings (SSSR count). The second kappa shape index (κ2) is 17.4. The summed E-state index contributed by atoms with van der Waals surface area (Å²) in [5.41, 5.74) is 6.81. The average Bonchev–Trinajstić information content (AvgIpc) is 3.53. The fourth-order valence-corrected chi connectivity index (χ4v) is 8.10. The Labute approximate surface area is 341 Å². The second-order valence-corrected chi connectivity index (χ2v) is 15.0. The Hall–Kier alpha value is -5.74. The fourth-order valence-electron chi connectivity index (χ4n) is 7.89. The second-order valence-electron chi connectivity index (χ2n) is 14.6. The number of methoxy groups -OCH3 is 1. The number of rotatable bonds is 11. The maximum absolute atomic E-state index is 15.1. The molecule has 1 fully saturated rings. The Balaban J connectivity index is 1.32. The predicted molar refractivity (Wildman–Crippen MR) is 218 cm³/mol. The number of aromatic nitrogens is 1. The number of carbonyl (C=O) groups excluding carboxylic acids is 2. The van der Waals surface area contributed by atoms with E-state index in [4.69, 9.17) is 25.8 Å². The van der Waals surface area contributed by atoms with Crippen LogP contribution in [0.5, 0.6) is 11.5 Å². The molecule has 4 aromatic carbocycles. The molecule has 300 valence electrons. The third kappa shape index (κ3) is 8.29. The highest BCUT2D eigenvalue weighted by Gasteiger charge is 2.35. The first-order chi connectivity index (χ1) is 28.0. The van der Waals surface area contributed by atoms with E-state index >= 15 is 4.79 Å². The number of anilines is 1. The lowest BCUT2D eigenvalue weighted by Gasteiger charge is -2.40. The molecule has 2 aliphatic heterocycles. The summed E-state index contributed by atoms with van der Waals surface area (Å²) < 4.78 is 45.3. The molecule has 0 bridgehead atoms. The number of halogens is 3. The molecule has 2 aliphatic rings. The molecule has 1 atom stereocenters. The van der Waals surface area contributed by atoms with Gasteiger partial charge in [0.15, 0.2) is 0 Å². The van der Waals surface area contributed by atoms with Gasteiger partial charge in [-0.1, -0.05) is 48.0 Å². The first kappa shape index (κ1) is 40.5. The lowest BCUT2D eigenvalue weighted by Crippen LogP contribution is -2.52. The number of amides is 2. The number of nitriles is 1. The van der Waals surface area contributed by atoms with Crippen molar-refractivity contribution in [1.82, 2.24) is 14.4 Å². The largest absolute Gasteiger partial charge is 0.496 e. The number of hydrogen-bond donors (Lipinski definition) is 0. The van der Waals surface area contributed by atoms with Crippen molar-refractivity contribution in [3.63, 3.8) is 0 Å². The summed E-state index contributed by atoms with van der Waals surface area (Å²) in [7, 11) is 3.38. The molecule has 1 aromatic heterocycles. The SMILES string of the molecule is COc1cccc(CN(C(=O)c2cc(-c3cc(Cl)c(OC(F)F)cc3C(=O)N3Cc4ccccc4C[C@H]3CN3CCOCC3)n(C)c2C)c2ccc(C#N)cc2)c1C. The van der Waals surface area contributed by atoms with E-state index in [1.54, 1.807) is 54.0 Å². The van der Waals surface area contributed by atoms with Crippen molar-refractivity contribution in [2.75, 3.05) is 44.9 Å². The number of carbonyl (C=O) groups is 2. The number of alkyl halides is 2. The van der Waals surface area contributed by atoms with Gasteiger partial charge in [-0.05, 0) is 91.1 Å². The summed E-state index contributed by atoms with van der Waals surface area (Å²) >= 11 is 6.64. The molecule has 0 radical (unpaired) electrons. The molecule has 2 amide bonds. The molecule has 58 heavy (non-hydrogen) atoms. The molecule has 5 aromatic rings. The van der Waals surface area contributed by atoms with Crippen LogP contribution in [0.4, 0.5) is 14.5 Å². The summed E-state index contributed by atoms with van der Waals surface area (Å²) in [6.45, 7) is 4.33. The number of nitrogens with zero attached hydrogens (tertiary/aromatic N) is 5. The van der Waals surface area contributed by atoms with E-state index in [1.807, 2.05) is 55.1 Å². The summed E-state index contributed by atoms with van der Waals surface area (Å²) in [4.78, 5) is 35.6. The van der Waals surface area contributed by atoms with Crippen molar-refractivity contribution in [1.29, 1.82) is 5.26 Å². The van der Waals surface area contributed by atoms with Crippen molar-refractivity contribution < 1.29 is 32.6 Å². The fraction of sp³-hybridized carbons (Fsp3) is 0.311. The predicted octanol–water partition coefficient (Wildman–Crippen LogP) is 8.19. The van der Waals surface area contributed by atoms with Crippen LogP contribution in [-0.2, 0) is 31.3 Å². The zero-order chi connectivity index (χ0) is 41.1. The number of ether oxygens (including phenoxy) is 3. The number of fused-ring (bicyclic) bond motifs is 1. The van der Waals surface area contributed by atoms with Crippen LogP contribution in [0, 0.1) is 25.2 Å². The molecule has 1 saturated heterocycles. The summed E-state index contributed by atoms with van der Waals surface area (Å²) in [5.74, 6) is -0.353. The topological polar surface area (TPSA) is 100 Å².